The summed E-state index contributed by atoms with van der Waals surface area (Å²) < 4.78 is 5.18. The number of carbonyl (C=O) groups is 1. The van der Waals surface area contributed by atoms with Crippen LogP contribution in [0.2, 0.25) is 0 Å². The van der Waals surface area contributed by atoms with Crippen LogP contribution in [0.25, 0.3) is 0 Å². The quantitative estimate of drug-likeness (QED) is 0.685. The molecule has 0 spiro atoms. The van der Waals surface area contributed by atoms with Crippen LogP contribution < -0.4 is 11.2 Å². The van der Waals surface area contributed by atoms with Gasteiger partial charge in [-0.3, -0.25) is 10.2 Å². The topological polar surface area (TPSA) is 67.6 Å². The van der Waals surface area contributed by atoms with Crippen molar-refractivity contribution in [3.63, 3.8) is 0 Å². The largest absolute Gasteiger partial charge is 0.379 e. The highest BCUT2D eigenvalue weighted by atomic mass is 16.5. The minimum absolute atomic E-state index is 0.0374. The molecule has 0 unspecified atom stereocenters. The molecule has 0 aromatic rings. The van der Waals surface area contributed by atoms with E-state index in [2.05, 4.69) is 5.43 Å². The van der Waals surface area contributed by atoms with Crippen LogP contribution in [0.4, 0.5) is 0 Å². The van der Waals surface area contributed by atoms with Gasteiger partial charge in [-0.15, -0.1) is 0 Å². The first-order valence-corrected chi connectivity index (χ1v) is 5.38. The molecule has 3 N–H and O–H groups in total. The van der Waals surface area contributed by atoms with E-state index in [9.17, 15) is 4.79 Å². The zero-order valence-corrected chi connectivity index (χ0v) is 9.58. The highest BCUT2D eigenvalue weighted by Gasteiger charge is 2.16. The molecule has 0 bridgehead atoms. The Morgan fingerprint density at radius 3 is 2.60 bits per heavy atom. The van der Waals surface area contributed by atoms with Crippen LogP contribution in [0.3, 0.4) is 0 Å². The third-order valence-electron chi connectivity index (χ3n) is 2.29. The monoisotopic (exact) mass is 215 g/mol. The molecule has 1 rings (SSSR count). The van der Waals surface area contributed by atoms with Gasteiger partial charge in [0.05, 0.1) is 13.2 Å². The summed E-state index contributed by atoms with van der Waals surface area (Å²) >= 11 is 0. The predicted octanol–water partition coefficient (Wildman–Crippen LogP) is -0.133. The van der Waals surface area contributed by atoms with Gasteiger partial charge in [-0.25, -0.2) is 5.01 Å². The SMILES string of the molecule is CC(C)(N)CCC(=O)NN1CCOCC1. The molecule has 0 aromatic carbocycles. The second kappa shape index (κ2) is 5.44. The van der Waals surface area contributed by atoms with E-state index in [1.54, 1.807) is 0 Å². The molecule has 1 saturated heterocycles. The van der Waals surface area contributed by atoms with Crippen molar-refractivity contribution >= 4 is 5.91 Å². The van der Waals surface area contributed by atoms with Gasteiger partial charge in [0.1, 0.15) is 0 Å². The van der Waals surface area contributed by atoms with Crippen molar-refractivity contribution in [1.82, 2.24) is 10.4 Å². The Balaban J connectivity index is 2.17. The molecule has 1 amide bonds. The van der Waals surface area contributed by atoms with E-state index in [0.717, 1.165) is 13.1 Å². The lowest BCUT2D eigenvalue weighted by atomic mass is 10.0. The number of hydrogen-bond acceptors (Lipinski definition) is 4. The van der Waals surface area contributed by atoms with E-state index in [1.165, 1.54) is 0 Å². The van der Waals surface area contributed by atoms with E-state index >= 15 is 0 Å². The number of hydrazine groups is 1. The van der Waals surface area contributed by atoms with Crippen LogP contribution in [-0.4, -0.2) is 42.8 Å². The molecular formula is C10H21N3O2. The third kappa shape index (κ3) is 5.71. The summed E-state index contributed by atoms with van der Waals surface area (Å²) in [4.78, 5) is 11.5. The summed E-state index contributed by atoms with van der Waals surface area (Å²) in [5.41, 5.74) is 8.38. The van der Waals surface area contributed by atoms with Crippen molar-refractivity contribution in [2.75, 3.05) is 26.3 Å². The van der Waals surface area contributed by atoms with Gasteiger partial charge in [0, 0.05) is 25.0 Å². The van der Waals surface area contributed by atoms with Gasteiger partial charge in [-0.2, -0.15) is 0 Å². The molecule has 0 atom stereocenters. The van der Waals surface area contributed by atoms with Crippen LogP contribution in [0.5, 0.6) is 0 Å². The maximum Gasteiger partial charge on any atom is 0.234 e. The lowest BCUT2D eigenvalue weighted by Crippen LogP contribution is -2.48. The van der Waals surface area contributed by atoms with E-state index in [-0.39, 0.29) is 11.4 Å². The molecule has 5 nitrogen and oxygen atoms in total. The summed E-state index contributed by atoms with van der Waals surface area (Å²) in [5.74, 6) is 0.0374. The predicted molar refractivity (Wildman–Crippen MR) is 58.0 cm³/mol. The lowest BCUT2D eigenvalue weighted by Gasteiger charge is -2.27. The van der Waals surface area contributed by atoms with Crippen LogP contribution >= 0.6 is 0 Å². The Morgan fingerprint density at radius 1 is 1.47 bits per heavy atom. The third-order valence-corrected chi connectivity index (χ3v) is 2.29. The number of carbonyl (C=O) groups excluding carboxylic acids is 1. The summed E-state index contributed by atoms with van der Waals surface area (Å²) in [6.07, 6.45) is 1.17. The molecule has 5 heteroatoms. The van der Waals surface area contributed by atoms with Gasteiger partial charge in [-0.1, -0.05) is 0 Å². The Kier molecular flexibility index (Phi) is 4.50. The Labute approximate surface area is 90.9 Å². The number of amides is 1. The summed E-state index contributed by atoms with van der Waals surface area (Å²) in [6.45, 7) is 6.74. The van der Waals surface area contributed by atoms with E-state index < -0.39 is 0 Å². The first-order valence-electron chi connectivity index (χ1n) is 5.38. The number of hydrogen-bond donors (Lipinski definition) is 2. The van der Waals surface area contributed by atoms with Gasteiger partial charge in [0.2, 0.25) is 5.91 Å². The van der Waals surface area contributed by atoms with Crippen molar-refractivity contribution in [3.05, 3.63) is 0 Å². The number of nitrogens with zero attached hydrogens (tertiary/aromatic N) is 1. The van der Waals surface area contributed by atoms with Crippen molar-refractivity contribution in [2.45, 2.75) is 32.2 Å². The van der Waals surface area contributed by atoms with E-state index in [4.69, 9.17) is 10.5 Å². The standard InChI is InChI=1S/C10H21N3O2/c1-10(2,11)4-3-9(14)12-13-5-7-15-8-6-13/h3-8,11H2,1-2H3,(H,12,14). The van der Waals surface area contributed by atoms with Gasteiger partial charge < -0.3 is 10.5 Å². The summed E-state index contributed by atoms with van der Waals surface area (Å²) in [7, 11) is 0. The normalized spacial score (nSPS) is 18.9. The van der Waals surface area contributed by atoms with E-state index in [0.29, 0.717) is 26.1 Å². The molecule has 15 heavy (non-hydrogen) atoms. The number of rotatable bonds is 4. The fraction of sp³-hybridized carbons (Fsp3) is 0.900. The summed E-state index contributed by atoms with van der Waals surface area (Å²) in [5, 5.41) is 1.90. The number of ether oxygens (including phenoxy) is 1. The molecule has 1 aliphatic heterocycles. The average Bonchev–Trinajstić information content (AvgIpc) is 2.15. The van der Waals surface area contributed by atoms with Gasteiger partial charge >= 0.3 is 0 Å². The number of nitrogens with two attached hydrogens (primary N) is 1. The Morgan fingerprint density at radius 2 is 2.07 bits per heavy atom. The fourth-order valence-electron chi connectivity index (χ4n) is 1.34. The molecule has 0 radical (unpaired) electrons. The maximum absolute atomic E-state index is 11.5. The zero-order chi connectivity index (χ0) is 11.3. The maximum atomic E-state index is 11.5. The van der Waals surface area contributed by atoms with Gasteiger partial charge in [-0.05, 0) is 20.3 Å². The van der Waals surface area contributed by atoms with Crippen molar-refractivity contribution < 1.29 is 9.53 Å². The Bertz CT molecular complexity index is 207. The molecule has 88 valence electrons. The second-order valence-corrected chi connectivity index (χ2v) is 4.62. The van der Waals surface area contributed by atoms with Gasteiger partial charge in [0.15, 0.2) is 0 Å². The van der Waals surface area contributed by atoms with Crippen LogP contribution in [0, 0.1) is 0 Å². The minimum atomic E-state index is -0.275. The fourth-order valence-corrected chi connectivity index (χ4v) is 1.34. The number of morpholine rings is 1. The van der Waals surface area contributed by atoms with Crippen molar-refractivity contribution in [3.8, 4) is 0 Å². The molecule has 0 saturated carbocycles. The second-order valence-electron chi connectivity index (χ2n) is 4.62. The number of nitrogens with one attached hydrogen (secondary N) is 1. The Hall–Kier alpha value is -0.650. The van der Waals surface area contributed by atoms with Crippen LogP contribution in [-0.2, 0) is 9.53 Å². The molecule has 1 heterocycles. The highest BCUT2D eigenvalue weighted by molar-refractivity contribution is 5.75. The molecular weight excluding hydrogens is 194 g/mol. The first-order chi connectivity index (χ1) is 6.97. The van der Waals surface area contributed by atoms with Crippen LogP contribution in [0.1, 0.15) is 26.7 Å². The molecule has 1 aliphatic rings. The van der Waals surface area contributed by atoms with Gasteiger partial charge in [0.25, 0.3) is 0 Å². The average molecular weight is 215 g/mol. The molecule has 1 fully saturated rings. The molecule has 0 aromatic heterocycles. The molecule has 0 aliphatic carbocycles. The summed E-state index contributed by atoms with van der Waals surface area (Å²) in [6, 6.07) is 0. The minimum Gasteiger partial charge on any atom is -0.379 e. The van der Waals surface area contributed by atoms with Crippen LogP contribution in [0.15, 0.2) is 0 Å². The highest BCUT2D eigenvalue weighted by Crippen LogP contribution is 2.06. The first kappa shape index (κ1) is 12.4. The van der Waals surface area contributed by atoms with Crippen molar-refractivity contribution in [2.24, 2.45) is 5.73 Å². The van der Waals surface area contributed by atoms with E-state index in [1.807, 2.05) is 18.9 Å². The smallest absolute Gasteiger partial charge is 0.234 e. The van der Waals surface area contributed by atoms with Crippen molar-refractivity contribution in [1.29, 1.82) is 0 Å². The zero-order valence-electron chi connectivity index (χ0n) is 9.58. The lowest BCUT2D eigenvalue weighted by molar-refractivity contribution is -0.128.